The summed E-state index contributed by atoms with van der Waals surface area (Å²) in [4.78, 5) is 10.4. The van der Waals surface area contributed by atoms with E-state index in [0.717, 1.165) is 6.42 Å². The van der Waals surface area contributed by atoms with E-state index >= 15 is 0 Å². The second-order valence-corrected chi connectivity index (χ2v) is 2.51. The van der Waals surface area contributed by atoms with Crippen LogP contribution < -0.4 is 5.73 Å². The SMILES string of the molecule is CCCC(C)(OC)OC(N)=O. The maximum atomic E-state index is 10.4. The zero-order valence-electron chi connectivity index (χ0n) is 7.22. The molecule has 0 aliphatic rings. The van der Waals surface area contributed by atoms with Gasteiger partial charge in [0.15, 0.2) is 0 Å². The van der Waals surface area contributed by atoms with Crippen LogP contribution in [0.5, 0.6) is 0 Å². The topological polar surface area (TPSA) is 61.6 Å². The van der Waals surface area contributed by atoms with E-state index in [-0.39, 0.29) is 0 Å². The minimum absolute atomic E-state index is 0.645. The molecule has 0 saturated carbocycles. The van der Waals surface area contributed by atoms with Crippen LogP contribution in [-0.4, -0.2) is 19.0 Å². The molecular formula is C7H15NO3. The van der Waals surface area contributed by atoms with E-state index in [4.69, 9.17) is 15.2 Å². The van der Waals surface area contributed by atoms with Crippen molar-refractivity contribution in [3.05, 3.63) is 0 Å². The number of carbonyl (C=O) groups excluding carboxylic acids is 1. The van der Waals surface area contributed by atoms with Gasteiger partial charge in [-0.15, -0.1) is 0 Å². The predicted molar refractivity (Wildman–Crippen MR) is 41.0 cm³/mol. The van der Waals surface area contributed by atoms with Crippen molar-refractivity contribution in [1.29, 1.82) is 0 Å². The summed E-state index contributed by atoms with van der Waals surface area (Å²) in [5, 5.41) is 0. The number of primary amides is 1. The van der Waals surface area contributed by atoms with Crippen LogP contribution in [0, 0.1) is 0 Å². The molecule has 0 rings (SSSR count). The van der Waals surface area contributed by atoms with Crippen molar-refractivity contribution in [1.82, 2.24) is 0 Å². The molecule has 0 fully saturated rings. The Morgan fingerprint density at radius 1 is 1.64 bits per heavy atom. The van der Waals surface area contributed by atoms with Gasteiger partial charge < -0.3 is 15.2 Å². The van der Waals surface area contributed by atoms with Gasteiger partial charge in [0.05, 0.1) is 0 Å². The van der Waals surface area contributed by atoms with Crippen molar-refractivity contribution in [3.8, 4) is 0 Å². The van der Waals surface area contributed by atoms with Gasteiger partial charge in [0.25, 0.3) is 0 Å². The van der Waals surface area contributed by atoms with E-state index in [2.05, 4.69) is 0 Å². The highest BCUT2D eigenvalue weighted by molar-refractivity contribution is 5.65. The Labute approximate surface area is 66.7 Å². The van der Waals surface area contributed by atoms with Crippen LogP contribution in [0.2, 0.25) is 0 Å². The molecule has 4 heteroatoms. The summed E-state index contributed by atoms with van der Waals surface area (Å²) in [5.41, 5.74) is 4.84. The Balaban J connectivity index is 3.98. The molecule has 0 aliphatic carbocycles. The number of methoxy groups -OCH3 is 1. The number of rotatable bonds is 4. The van der Waals surface area contributed by atoms with Crippen LogP contribution >= 0.6 is 0 Å². The van der Waals surface area contributed by atoms with Crippen LogP contribution in [0.15, 0.2) is 0 Å². The minimum Gasteiger partial charge on any atom is -0.417 e. The Hall–Kier alpha value is -0.770. The van der Waals surface area contributed by atoms with E-state index in [1.165, 1.54) is 7.11 Å². The largest absolute Gasteiger partial charge is 0.417 e. The molecule has 2 N–H and O–H groups in total. The molecular weight excluding hydrogens is 146 g/mol. The van der Waals surface area contributed by atoms with Crippen molar-refractivity contribution in [3.63, 3.8) is 0 Å². The van der Waals surface area contributed by atoms with Crippen LogP contribution in [0.4, 0.5) is 4.79 Å². The lowest BCUT2D eigenvalue weighted by molar-refractivity contribution is -0.173. The first-order valence-electron chi connectivity index (χ1n) is 3.57. The van der Waals surface area contributed by atoms with Gasteiger partial charge in [0, 0.05) is 20.5 Å². The van der Waals surface area contributed by atoms with Crippen molar-refractivity contribution in [2.24, 2.45) is 5.73 Å². The summed E-state index contributed by atoms with van der Waals surface area (Å²) in [6.45, 7) is 3.66. The number of amides is 1. The average molecular weight is 161 g/mol. The highest BCUT2D eigenvalue weighted by Crippen LogP contribution is 2.17. The molecule has 11 heavy (non-hydrogen) atoms. The zero-order chi connectivity index (χ0) is 8.91. The molecule has 0 bridgehead atoms. The molecule has 1 unspecified atom stereocenters. The molecule has 0 radical (unpaired) electrons. The van der Waals surface area contributed by atoms with E-state index in [1.807, 2.05) is 6.92 Å². The molecule has 0 saturated heterocycles. The second kappa shape index (κ2) is 4.18. The highest BCUT2D eigenvalue weighted by Gasteiger charge is 2.25. The maximum absolute atomic E-state index is 10.4. The molecule has 0 aromatic carbocycles. The summed E-state index contributed by atoms with van der Waals surface area (Å²) >= 11 is 0. The smallest absolute Gasteiger partial charge is 0.407 e. The Morgan fingerprint density at radius 2 is 2.18 bits per heavy atom. The third kappa shape index (κ3) is 3.83. The Bertz CT molecular complexity index is 138. The van der Waals surface area contributed by atoms with Crippen molar-refractivity contribution < 1.29 is 14.3 Å². The summed E-state index contributed by atoms with van der Waals surface area (Å²) in [6.07, 6.45) is 0.715. The molecule has 4 nitrogen and oxygen atoms in total. The third-order valence-corrected chi connectivity index (χ3v) is 1.45. The lowest BCUT2D eigenvalue weighted by Gasteiger charge is -2.26. The molecule has 1 atom stereocenters. The van der Waals surface area contributed by atoms with Crippen LogP contribution in [0.1, 0.15) is 26.7 Å². The van der Waals surface area contributed by atoms with Crippen molar-refractivity contribution in [2.45, 2.75) is 32.5 Å². The van der Waals surface area contributed by atoms with Crippen LogP contribution in [0.25, 0.3) is 0 Å². The van der Waals surface area contributed by atoms with Gasteiger partial charge in [-0.1, -0.05) is 6.92 Å². The first-order valence-corrected chi connectivity index (χ1v) is 3.57. The average Bonchev–Trinajstić information content (AvgIpc) is 1.87. The molecule has 0 heterocycles. The Kier molecular flexibility index (Phi) is 3.89. The van der Waals surface area contributed by atoms with Gasteiger partial charge in [-0.25, -0.2) is 4.79 Å². The maximum Gasteiger partial charge on any atom is 0.407 e. The number of ether oxygens (including phenoxy) is 2. The van der Waals surface area contributed by atoms with Gasteiger partial charge in [0.1, 0.15) is 0 Å². The normalized spacial score (nSPS) is 15.5. The van der Waals surface area contributed by atoms with Crippen LogP contribution in [-0.2, 0) is 9.47 Å². The van der Waals surface area contributed by atoms with Gasteiger partial charge in [-0.2, -0.15) is 0 Å². The molecule has 1 amide bonds. The first kappa shape index (κ1) is 10.2. The summed E-state index contributed by atoms with van der Waals surface area (Å²) in [7, 11) is 1.48. The predicted octanol–water partition coefficient (Wildman–Crippen LogP) is 1.24. The van der Waals surface area contributed by atoms with Crippen molar-refractivity contribution in [2.75, 3.05) is 7.11 Å². The van der Waals surface area contributed by atoms with E-state index in [0.29, 0.717) is 6.42 Å². The fourth-order valence-corrected chi connectivity index (χ4v) is 0.862. The minimum atomic E-state index is -0.861. The number of carbonyl (C=O) groups is 1. The zero-order valence-corrected chi connectivity index (χ0v) is 7.22. The lowest BCUT2D eigenvalue weighted by Crippen LogP contribution is -2.35. The van der Waals surface area contributed by atoms with Gasteiger partial charge in [0.2, 0.25) is 5.79 Å². The fraction of sp³-hybridized carbons (Fsp3) is 0.857. The molecule has 66 valence electrons. The quantitative estimate of drug-likeness (QED) is 0.631. The molecule has 0 aromatic rings. The molecule has 0 aliphatic heterocycles. The first-order chi connectivity index (χ1) is 5.04. The Morgan fingerprint density at radius 3 is 2.45 bits per heavy atom. The van der Waals surface area contributed by atoms with E-state index < -0.39 is 11.9 Å². The van der Waals surface area contributed by atoms with E-state index in [1.54, 1.807) is 6.92 Å². The van der Waals surface area contributed by atoms with Gasteiger partial charge >= 0.3 is 6.09 Å². The monoisotopic (exact) mass is 161 g/mol. The number of hydrogen-bond acceptors (Lipinski definition) is 3. The number of hydrogen-bond donors (Lipinski definition) is 1. The van der Waals surface area contributed by atoms with Gasteiger partial charge in [-0.05, 0) is 6.42 Å². The summed E-state index contributed by atoms with van der Waals surface area (Å²) in [6, 6.07) is 0. The standard InChI is InChI=1S/C7H15NO3/c1-4-5-7(2,10-3)11-6(8)9/h4-5H2,1-3H3,(H2,8,9). The number of nitrogens with two attached hydrogens (primary N) is 1. The van der Waals surface area contributed by atoms with E-state index in [9.17, 15) is 4.79 Å². The third-order valence-electron chi connectivity index (χ3n) is 1.45. The van der Waals surface area contributed by atoms with Gasteiger partial charge in [-0.3, -0.25) is 0 Å². The molecule has 0 spiro atoms. The lowest BCUT2D eigenvalue weighted by atomic mass is 10.2. The fourth-order valence-electron chi connectivity index (χ4n) is 0.862. The van der Waals surface area contributed by atoms with Crippen LogP contribution in [0.3, 0.4) is 0 Å². The highest BCUT2D eigenvalue weighted by atomic mass is 16.7. The second-order valence-electron chi connectivity index (χ2n) is 2.51. The summed E-state index contributed by atoms with van der Waals surface area (Å²) < 4.78 is 9.71. The molecule has 0 aromatic heterocycles. The van der Waals surface area contributed by atoms with Crippen molar-refractivity contribution >= 4 is 6.09 Å². The summed E-state index contributed by atoms with van der Waals surface area (Å²) in [5.74, 6) is -0.861.